The predicted molar refractivity (Wildman–Crippen MR) is 82.2 cm³/mol. The predicted octanol–water partition coefficient (Wildman–Crippen LogP) is 2.57. The zero-order valence-electron chi connectivity index (χ0n) is 11.8. The Morgan fingerprint density at radius 2 is 2.29 bits per heavy atom. The molecule has 0 spiro atoms. The fraction of sp³-hybridized carbons (Fsp3) is 0.312. The van der Waals surface area contributed by atoms with Gasteiger partial charge in [0.15, 0.2) is 5.76 Å². The quantitative estimate of drug-likeness (QED) is 0.835. The first-order valence-electron chi connectivity index (χ1n) is 6.77. The van der Waals surface area contributed by atoms with Crippen LogP contribution in [0.2, 0.25) is 0 Å². The molecular formula is C16H17NO3S. The third-order valence-electron chi connectivity index (χ3n) is 2.85. The van der Waals surface area contributed by atoms with Gasteiger partial charge in [-0.1, -0.05) is 18.8 Å². The van der Waals surface area contributed by atoms with Crippen molar-refractivity contribution in [1.82, 2.24) is 5.32 Å². The Morgan fingerprint density at radius 1 is 1.43 bits per heavy atom. The summed E-state index contributed by atoms with van der Waals surface area (Å²) in [5.74, 6) is 6.78. The molecule has 2 aromatic rings. The molecule has 0 saturated heterocycles. The third-order valence-corrected chi connectivity index (χ3v) is 3.77. The van der Waals surface area contributed by atoms with Crippen LogP contribution in [-0.4, -0.2) is 17.6 Å². The second kappa shape index (κ2) is 7.67. The molecule has 4 nitrogen and oxygen atoms in total. The van der Waals surface area contributed by atoms with E-state index in [1.165, 1.54) is 0 Å². The zero-order valence-corrected chi connectivity index (χ0v) is 12.6. The number of hydrogen-bond acceptors (Lipinski definition) is 4. The van der Waals surface area contributed by atoms with Crippen molar-refractivity contribution in [2.24, 2.45) is 0 Å². The monoisotopic (exact) mass is 303 g/mol. The lowest BCUT2D eigenvalue weighted by Crippen LogP contribution is -2.22. The molecule has 0 unspecified atom stereocenters. The van der Waals surface area contributed by atoms with Gasteiger partial charge in [0.2, 0.25) is 0 Å². The maximum atomic E-state index is 12.0. The summed E-state index contributed by atoms with van der Waals surface area (Å²) in [4.78, 5) is 13.0. The number of rotatable bonds is 5. The van der Waals surface area contributed by atoms with Crippen LogP contribution in [0, 0.1) is 11.8 Å². The van der Waals surface area contributed by atoms with E-state index in [1.807, 2.05) is 24.4 Å². The van der Waals surface area contributed by atoms with E-state index < -0.39 is 0 Å². The first kappa shape index (κ1) is 15.4. The molecule has 5 heteroatoms. The lowest BCUT2D eigenvalue weighted by molar-refractivity contribution is 0.0922. The fourth-order valence-electron chi connectivity index (χ4n) is 1.74. The Morgan fingerprint density at radius 3 is 3.00 bits per heavy atom. The Kier molecular flexibility index (Phi) is 5.61. The topological polar surface area (TPSA) is 62.5 Å². The van der Waals surface area contributed by atoms with Gasteiger partial charge >= 0.3 is 0 Å². The third kappa shape index (κ3) is 4.22. The lowest BCUT2D eigenvalue weighted by atomic mass is 10.2. The molecule has 0 fully saturated rings. The number of nitrogens with one attached hydrogen (secondary N) is 1. The molecule has 0 aromatic carbocycles. The van der Waals surface area contributed by atoms with Crippen molar-refractivity contribution >= 4 is 17.2 Å². The van der Waals surface area contributed by atoms with Gasteiger partial charge in [-0.25, -0.2) is 0 Å². The second-order valence-electron chi connectivity index (χ2n) is 4.34. The van der Waals surface area contributed by atoms with Gasteiger partial charge in [0.05, 0.1) is 13.2 Å². The second-order valence-corrected chi connectivity index (χ2v) is 5.34. The van der Waals surface area contributed by atoms with E-state index in [1.54, 1.807) is 17.4 Å². The normalized spacial score (nSPS) is 10.0. The number of amides is 1. The van der Waals surface area contributed by atoms with Crippen LogP contribution in [0.15, 0.2) is 28.0 Å². The van der Waals surface area contributed by atoms with E-state index in [4.69, 9.17) is 9.52 Å². The molecular weight excluding hydrogens is 286 g/mol. The SMILES string of the molecule is CCc1ccc(C(=O)NCc2sccc2C#CCCO)o1. The number of furan rings is 1. The van der Waals surface area contributed by atoms with Crippen molar-refractivity contribution in [2.75, 3.05) is 6.61 Å². The van der Waals surface area contributed by atoms with Crippen LogP contribution in [0.5, 0.6) is 0 Å². The van der Waals surface area contributed by atoms with Crippen LogP contribution in [0.4, 0.5) is 0 Å². The van der Waals surface area contributed by atoms with Crippen LogP contribution >= 0.6 is 11.3 Å². The lowest BCUT2D eigenvalue weighted by Gasteiger charge is -2.02. The highest BCUT2D eigenvalue weighted by atomic mass is 32.1. The first-order chi connectivity index (χ1) is 10.2. The molecule has 110 valence electrons. The molecule has 0 bridgehead atoms. The number of aliphatic hydroxyl groups is 1. The molecule has 0 atom stereocenters. The van der Waals surface area contributed by atoms with Crippen LogP contribution in [-0.2, 0) is 13.0 Å². The standard InChI is InChI=1S/C16H17NO3S/c1-2-13-6-7-14(20-13)16(19)17-11-15-12(8-10-21-15)5-3-4-9-18/h6-8,10,18H,2,4,9,11H2,1H3,(H,17,19). The highest BCUT2D eigenvalue weighted by Gasteiger charge is 2.11. The van der Waals surface area contributed by atoms with Gasteiger partial charge < -0.3 is 14.8 Å². The smallest absolute Gasteiger partial charge is 0.287 e. The largest absolute Gasteiger partial charge is 0.456 e. The Balaban J connectivity index is 1.96. The fourth-order valence-corrected chi connectivity index (χ4v) is 2.51. The van der Waals surface area contributed by atoms with Crippen molar-refractivity contribution in [2.45, 2.75) is 26.3 Å². The van der Waals surface area contributed by atoms with E-state index >= 15 is 0 Å². The first-order valence-corrected chi connectivity index (χ1v) is 7.65. The van der Waals surface area contributed by atoms with Crippen molar-refractivity contribution < 1.29 is 14.3 Å². The molecule has 2 heterocycles. The molecule has 0 aliphatic rings. The van der Waals surface area contributed by atoms with E-state index in [0.717, 1.165) is 22.6 Å². The van der Waals surface area contributed by atoms with Crippen molar-refractivity contribution in [3.8, 4) is 11.8 Å². The molecule has 0 aliphatic heterocycles. The molecule has 2 aromatic heterocycles. The van der Waals surface area contributed by atoms with Crippen LogP contribution in [0.25, 0.3) is 0 Å². The van der Waals surface area contributed by atoms with Crippen molar-refractivity contribution in [1.29, 1.82) is 0 Å². The maximum Gasteiger partial charge on any atom is 0.287 e. The minimum absolute atomic E-state index is 0.0570. The van der Waals surface area contributed by atoms with Gasteiger partial charge in [-0.15, -0.1) is 11.3 Å². The summed E-state index contributed by atoms with van der Waals surface area (Å²) in [6.45, 7) is 2.45. The number of carbonyl (C=O) groups is 1. The summed E-state index contributed by atoms with van der Waals surface area (Å²) in [5.41, 5.74) is 0.891. The Hall–Kier alpha value is -2.03. The van der Waals surface area contributed by atoms with Gasteiger partial charge in [0.25, 0.3) is 5.91 Å². The highest BCUT2D eigenvalue weighted by Crippen LogP contribution is 2.16. The summed E-state index contributed by atoms with van der Waals surface area (Å²) in [6.07, 6.45) is 1.22. The van der Waals surface area contributed by atoms with Gasteiger partial charge in [-0.2, -0.15) is 0 Å². The number of aryl methyl sites for hydroxylation is 1. The highest BCUT2D eigenvalue weighted by molar-refractivity contribution is 7.10. The summed E-state index contributed by atoms with van der Waals surface area (Å²) in [7, 11) is 0. The number of hydrogen-bond donors (Lipinski definition) is 2. The van der Waals surface area contributed by atoms with Gasteiger partial charge in [0.1, 0.15) is 5.76 Å². The summed E-state index contributed by atoms with van der Waals surface area (Å²) >= 11 is 1.54. The summed E-state index contributed by atoms with van der Waals surface area (Å²) < 4.78 is 5.41. The maximum absolute atomic E-state index is 12.0. The molecule has 0 aliphatic carbocycles. The van der Waals surface area contributed by atoms with Gasteiger partial charge in [0, 0.05) is 23.3 Å². The zero-order chi connectivity index (χ0) is 15.1. The molecule has 21 heavy (non-hydrogen) atoms. The number of aliphatic hydroxyl groups excluding tert-OH is 1. The Bertz CT molecular complexity index is 660. The average molecular weight is 303 g/mol. The van der Waals surface area contributed by atoms with Crippen molar-refractivity contribution in [3.63, 3.8) is 0 Å². The molecule has 2 N–H and O–H groups in total. The Labute approximate surface area is 127 Å². The number of thiophene rings is 1. The van der Waals surface area contributed by atoms with Crippen LogP contribution in [0.3, 0.4) is 0 Å². The minimum atomic E-state index is -0.225. The number of carbonyl (C=O) groups excluding carboxylic acids is 1. The van der Waals surface area contributed by atoms with E-state index in [0.29, 0.717) is 18.7 Å². The van der Waals surface area contributed by atoms with E-state index in [9.17, 15) is 4.79 Å². The van der Waals surface area contributed by atoms with Crippen LogP contribution < -0.4 is 5.32 Å². The van der Waals surface area contributed by atoms with Gasteiger partial charge in [-0.05, 0) is 23.6 Å². The van der Waals surface area contributed by atoms with Gasteiger partial charge in [-0.3, -0.25) is 4.79 Å². The minimum Gasteiger partial charge on any atom is -0.456 e. The van der Waals surface area contributed by atoms with Crippen molar-refractivity contribution in [3.05, 3.63) is 45.5 Å². The summed E-state index contributed by atoms with van der Waals surface area (Å²) in [5, 5.41) is 13.5. The molecule has 1 amide bonds. The molecule has 2 rings (SSSR count). The average Bonchev–Trinajstić information content (AvgIpc) is 3.14. The summed E-state index contributed by atoms with van der Waals surface area (Å²) in [6, 6.07) is 5.41. The van der Waals surface area contributed by atoms with E-state index in [2.05, 4.69) is 17.2 Å². The molecule has 0 saturated carbocycles. The van der Waals surface area contributed by atoms with E-state index in [-0.39, 0.29) is 12.5 Å². The van der Waals surface area contributed by atoms with Crippen LogP contribution in [0.1, 0.15) is 40.1 Å². The molecule has 0 radical (unpaired) electrons.